The highest BCUT2D eigenvalue weighted by Gasteiger charge is 2.54. The number of nitrogens with one attached hydrogen (secondary N) is 2. The fourth-order valence-corrected chi connectivity index (χ4v) is 5.21. The van der Waals surface area contributed by atoms with E-state index in [1.54, 1.807) is 22.5 Å². The highest BCUT2D eigenvalue weighted by Crippen LogP contribution is 2.37. The highest BCUT2D eigenvalue weighted by molar-refractivity contribution is 7.80. The van der Waals surface area contributed by atoms with Crippen LogP contribution in [-0.2, 0) is 4.79 Å². The fraction of sp³-hybridized carbons (Fsp3) is 0.300. The Kier molecular flexibility index (Phi) is 5.18. The molecule has 31 heavy (non-hydrogen) atoms. The molecule has 0 radical (unpaired) electrons. The molecule has 0 unspecified atom stereocenters. The molecule has 0 spiro atoms. The minimum Gasteiger partial charge on any atom is -0.390 e. The molecule has 5 rings (SSSR count). The molecule has 2 fully saturated rings. The van der Waals surface area contributed by atoms with Gasteiger partial charge in [0.25, 0.3) is 0 Å². The zero-order chi connectivity index (χ0) is 21.5. The third kappa shape index (κ3) is 3.59. The van der Waals surface area contributed by atoms with Crippen LogP contribution in [0.1, 0.15) is 6.42 Å². The maximum Gasteiger partial charge on any atom is 0.231 e. The van der Waals surface area contributed by atoms with Crippen LogP contribution in [0.3, 0.4) is 0 Å². The lowest BCUT2D eigenvalue weighted by Crippen LogP contribution is -2.60. The Morgan fingerprint density at radius 3 is 2.68 bits per heavy atom. The summed E-state index contributed by atoms with van der Waals surface area (Å²) >= 11 is 6.88. The van der Waals surface area contributed by atoms with Crippen LogP contribution in [0.4, 0.5) is 10.8 Å². The van der Waals surface area contributed by atoms with Crippen LogP contribution < -0.4 is 15.5 Å². The Hall–Kier alpha value is -2.86. The van der Waals surface area contributed by atoms with Crippen LogP contribution in [-0.4, -0.2) is 60.3 Å². The molecule has 1 amide bonds. The molecule has 5 atom stereocenters. The Morgan fingerprint density at radius 1 is 1.23 bits per heavy atom. The Morgan fingerprint density at radius 2 is 2.00 bits per heavy atom. The summed E-state index contributed by atoms with van der Waals surface area (Å²) in [6.45, 7) is 0. The quantitative estimate of drug-likeness (QED) is 0.432. The highest BCUT2D eigenvalue weighted by atomic mass is 32.1. The summed E-state index contributed by atoms with van der Waals surface area (Å²) in [7, 11) is 0. The van der Waals surface area contributed by atoms with Crippen LogP contribution in [0.15, 0.2) is 54.3 Å². The molecule has 2 aromatic heterocycles. The normalized spacial score (nSPS) is 27.6. The summed E-state index contributed by atoms with van der Waals surface area (Å²) in [5.74, 6) is -0.869. The van der Waals surface area contributed by atoms with Crippen LogP contribution in [0.2, 0.25) is 0 Å². The maximum atomic E-state index is 13.1. The molecule has 9 nitrogen and oxygen atoms in total. The smallest absolute Gasteiger partial charge is 0.231 e. The van der Waals surface area contributed by atoms with E-state index in [4.69, 9.17) is 12.2 Å². The van der Waals surface area contributed by atoms with Gasteiger partial charge in [0, 0.05) is 29.7 Å². The minimum absolute atomic E-state index is 0.117. The van der Waals surface area contributed by atoms with E-state index in [0.29, 0.717) is 10.2 Å². The molecule has 11 heteroatoms. The molecule has 2 aliphatic rings. The number of thiazole rings is 1. The standard InChI is InChI=1S/C20H20N6O3S2/c27-14-10-13(18(29)24-19-21-7-9-31-19)16-15(17(14)28)23-20(30)26(16)12-4-2-11(3-5-12)25-8-1-6-22-25/h1-9,13-17,27-28H,10H2,(H,23,30)(H,21,24,29)/t13-,14-,15-,16+,17+/m1/s1. The number of nitrogens with zero attached hydrogens (tertiary/aromatic N) is 4. The summed E-state index contributed by atoms with van der Waals surface area (Å²) in [5.41, 5.74) is 1.68. The van der Waals surface area contributed by atoms with Gasteiger partial charge in [-0.25, -0.2) is 9.67 Å². The van der Waals surface area contributed by atoms with Gasteiger partial charge in [0.15, 0.2) is 10.2 Å². The lowest BCUT2D eigenvalue weighted by atomic mass is 9.77. The number of carbonyl (C=O) groups is 1. The van der Waals surface area contributed by atoms with E-state index in [0.717, 1.165) is 11.4 Å². The predicted molar refractivity (Wildman–Crippen MR) is 120 cm³/mol. The van der Waals surface area contributed by atoms with Crippen molar-refractivity contribution in [3.05, 3.63) is 54.3 Å². The van der Waals surface area contributed by atoms with Crippen LogP contribution in [0.5, 0.6) is 0 Å². The zero-order valence-corrected chi connectivity index (χ0v) is 17.8. The van der Waals surface area contributed by atoms with Crippen LogP contribution in [0.25, 0.3) is 5.69 Å². The van der Waals surface area contributed by atoms with E-state index in [2.05, 4.69) is 20.7 Å². The lowest BCUT2D eigenvalue weighted by Gasteiger charge is -2.41. The van der Waals surface area contributed by atoms with Crippen molar-refractivity contribution >= 4 is 45.4 Å². The van der Waals surface area contributed by atoms with Gasteiger partial charge >= 0.3 is 0 Å². The van der Waals surface area contributed by atoms with Crippen molar-refractivity contribution in [2.75, 3.05) is 10.2 Å². The van der Waals surface area contributed by atoms with E-state index >= 15 is 0 Å². The largest absolute Gasteiger partial charge is 0.390 e. The predicted octanol–water partition coefficient (Wildman–Crippen LogP) is 1.14. The number of carbonyl (C=O) groups excluding carboxylic acids is 1. The number of benzene rings is 1. The Labute approximate surface area is 187 Å². The second-order valence-corrected chi connectivity index (χ2v) is 8.81. The van der Waals surface area contributed by atoms with Crippen LogP contribution in [0, 0.1) is 5.92 Å². The molecule has 1 saturated heterocycles. The number of amides is 1. The van der Waals surface area contributed by atoms with E-state index in [-0.39, 0.29) is 12.3 Å². The van der Waals surface area contributed by atoms with Gasteiger partial charge in [0.05, 0.1) is 29.8 Å². The van der Waals surface area contributed by atoms with Crippen molar-refractivity contribution < 1.29 is 15.0 Å². The van der Waals surface area contributed by atoms with Gasteiger partial charge in [-0.2, -0.15) is 5.10 Å². The van der Waals surface area contributed by atoms with Crippen molar-refractivity contribution in [1.29, 1.82) is 0 Å². The van der Waals surface area contributed by atoms with Gasteiger partial charge in [0.2, 0.25) is 5.91 Å². The van der Waals surface area contributed by atoms with E-state index in [1.165, 1.54) is 11.3 Å². The van der Waals surface area contributed by atoms with Crippen molar-refractivity contribution in [1.82, 2.24) is 20.1 Å². The van der Waals surface area contributed by atoms with Crippen molar-refractivity contribution in [3.63, 3.8) is 0 Å². The van der Waals surface area contributed by atoms with Crippen molar-refractivity contribution in [2.45, 2.75) is 30.7 Å². The summed E-state index contributed by atoms with van der Waals surface area (Å²) in [6.07, 6.45) is 3.21. The number of fused-ring (bicyclic) bond motifs is 1. The number of hydrogen-bond acceptors (Lipinski definition) is 7. The van der Waals surface area contributed by atoms with Gasteiger partial charge in [-0.15, -0.1) is 11.3 Å². The molecule has 1 aliphatic heterocycles. The SMILES string of the molecule is O=C(Nc1nccs1)[C@@H]1C[C@@H](O)[C@H](O)[C@@H]2NC(=S)N(c3ccc(-n4cccn4)cc3)[C@H]21. The summed E-state index contributed by atoms with van der Waals surface area (Å²) in [4.78, 5) is 19.1. The number of rotatable bonds is 4. The van der Waals surface area contributed by atoms with Crippen molar-refractivity contribution in [2.24, 2.45) is 5.92 Å². The average Bonchev–Trinajstić information content (AvgIpc) is 3.52. The molecule has 0 bridgehead atoms. The van der Waals surface area contributed by atoms with Crippen LogP contribution >= 0.6 is 23.6 Å². The first-order valence-electron chi connectivity index (χ1n) is 9.79. The molecular weight excluding hydrogens is 436 g/mol. The number of hydrogen-bond donors (Lipinski definition) is 4. The maximum absolute atomic E-state index is 13.1. The summed E-state index contributed by atoms with van der Waals surface area (Å²) in [5, 5.41) is 33.8. The minimum atomic E-state index is -1.04. The number of anilines is 2. The molecular formula is C20H20N6O3S2. The third-order valence-corrected chi connectivity index (χ3v) is 6.74. The number of thiocarbonyl (C=S) groups is 1. The number of aliphatic hydroxyl groups is 2. The van der Waals surface area contributed by atoms with Gasteiger partial charge < -0.3 is 25.7 Å². The molecule has 1 aromatic carbocycles. The Balaban J connectivity index is 1.46. The van der Waals surface area contributed by atoms with Gasteiger partial charge in [-0.05, 0) is 49.0 Å². The molecule has 4 N–H and O–H groups in total. The average molecular weight is 457 g/mol. The second-order valence-electron chi connectivity index (χ2n) is 7.53. The van der Waals surface area contributed by atoms with Crippen molar-refractivity contribution in [3.8, 4) is 5.69 Å². The number of aliphatic hydroxyl groups excluding tert-OH is 2. The molecule has 1 aliphatic carbocycles. The van der Waals surface area contributed by atoms with Gasteiger partial charge in [-0.1, -0.05) is 0 Å². The van der Waals surface area contributed by atoms with Gasteiger partial charge in [-0.3, -0.25) is 4.79 Å². The molecule has 3 heterocycles. The first kappa shape index (κ1) is 20.1. The first-order valence-corrected chi connectivity index (χ1v) is 11.1. The van der Waals surface area contributed by atoms with E-state index in [1.807, 2.05) is 41.4 Å². The third-order valence-electron chi connectivity index (χ3n) is 5.74. The van der Waals surface area contributed by atoms with Gasteiger partial charge in [0.1, 0.15) is 6.10 Å². The molecule has 3 aromatic rings. The molecule has 160 valence electrons. The fourth-order valence-electron chi connectivity index (χ4n) is 4.31. The second kappa shape index (κ2) is 8.00. The Bertz CT molecular complexity index is 1070. The summed E-state index contributed by atoms with van der Waals surface area (Å²) < 4.78 is 1.75. The number of aromatic nitrogens is 3. The van der Waals surface area contributed by atoms with E-state index < -0.39 is 30.2 Å². The monoisotopic (exact) mass is 456 g/mol. The molecule has 1 saturated carbocycles. The topological polar surface area (TPSA) is 116 Å². The zero-order valence-electron chi connectivity index (χ0n) is 16.2. The summed E-state index contributed by atoms with van der Waals surface area (Å²) in [6, 6.07) is 8.45. The lowest BCUT2D eigenvalue weighted by molar-refractivity contribution is -0.126. The first-order chi connectivity index (χ1) is 15.0. The van der Waals surface area contributed by atoms with E-state index in [9.17, 15) is 15.0 Å².